The highest BCUT2D eigenvalue weighted by Gasteiger charge is 2.10. The maximum Gasteiger partial charge on any atom is 0.0464 e. The van der Waals surface area contributed by atoms with Crippen LogP contribution in [-0.2, 0) is 0 Å². The Hall–Kier alpha value is -4.88. The molecule has 0 aliphatic carbocycles. The summed E-state index contributed by atoms with van der Waals surface area (Å²) < 4.78 is 0. The minimum Gasteiger partial charge on any atom is -0.355 e. The van der Waals surface area contributed by atoms with Crippen molar-refractivity contribution in [2.24, 2.45) is 0 Å². The van der Waals surface area contributed by atoms with Crippen LogP contribution in [0.1, 0.15) is 0 Å². The molecule has 6 rings (SSSR count). The first-order valence-corrected chi connectivity index (χ1v) is 12.6. The highest BCUT2D eigenvalue weighted by molar-refractivity contribution is 5.87. The molecule has 1 nitrogen and oxygen atoms in total. The standard InChI is InChI=1S/C36H27N/c1-3-11-27(12-4-1)29-19-23-31(24-20-29)33-15-7-9-17-35(33)37-36-18-10-8-16-34(36)32-25-21-30(22-26-32)28-13-5-2-6-14-28/h1-26,37H. The average molecular weight is 474 g/mol. The molecular weight excluding hydrogens is 446 g/mol. The van der Waals surface area contributed by atoms with Crippen LogP contribution in [-0.4, -0.2) is 0 Å². The molecule has 0 saturated heterocycles. The predicted molar refractivity (Wildman–Crippen MR) is 158 cm³/mol. The zero-order valence-corrected chi connectivity index (χ0v) is 20.5. The monoisotopic (exact) mass is 473 g/mol. The molecule has 0 fully saturated rings. The van der Waals surface area contributed by atoms with E-state index in [4.69, 9.17) is 0 Å². The average Bonchev–Trinajstić information content (AvgIpc) is 2.99. The molecule has 0 heterocycles. The first-order chi connectivity index (χ1) is 18.3. The zero-order chi connectivity index (χ0) is 24.9. The second kappa shape index (κ2) is 10.4. The van der Waals surface area contributed by atoms with E-state index in [1.165, 1.54) is 44.5 Å². The molecule has 176 valence electrons. The SMILES string of the molecule is c1ccc(-c2ccc(-c3ccccc3Nc3ccccc3-c3ccc(-c4ccccc4)cc3)cc2)cc1. The summed E-state index contributed by atoms with van der Waals surface area (Å²) in [5, 5.41) is 3.73. The van der Waals surface area contributed by atoms with Gasteiger partial charge in [-0.05, 0) is 45.5 Å². The van der Waals surface area contributed by atoms with Gasteiger partial charge in [0, 0.05) is 22.5 Å². The number of nitrogens with one attached hydrogen (secondary N) is 1. The van der Waals surface area contributed by atoms with E-state index in [9.17, 15) is 0 Å². The molecular formula is C36H27N. The van der Waals surface area contributed by atoms with Crippen molar-refractivity contribution in [2.45, 2.75) is 0 Å². The summed E-state index contributed by atoms with van der Waals surface area (Å²) in [6.45, 7) is 0. The summed E-state index contributed by atoms with van der Waals surface area (Å²) in [4.78, 5) is 0. The molecule has 0 unspecified atom stereocenters. The van der Waals surface area contributed by atoms with E-state index in [1.807, 2.05) is 0 Å². The maximum absolute atomic E-state index is 3.73. The molecule has 0 amide bonds. The molecule has 0 atom stereocenters. The molecule has 37 heavy (non-hydrogen) atoms. The van der Waals surface area contributed by atoms with Gasteiger partial charge in [0.05, 0.1) is 0 Å². The van der Waals surface area contributed by atoms with E-state index < -0.39 is 0 Å². The summed E-state index contributed by atoms with van der Waals surface area (Å²) in [5.74, 6) is 0. The highest BCUT2D eigenvalue weighted by atomic mass is 14.9. The van der Waals surface area contributed by atoms with Crippen LogP contribution in [0.3, 0.4) is 0 Å². The van der Waals surface area contributed by atoms with Gasteiger partial charge in [-0.3, -0.25) is 0 Å². The van der Waals surface area contributed by atoms with Gasteiger partial charge in [0.2, 0.25) is 0 Å². The van der Waals surface area contributed by atoms with E-state index in [2.05, 4.69) is 163 Å². The lowest BCUT2D eigenvalue weighted by atomic mass is 9.98. The van der Waals surface area contributed by atoms with Crippen LogP contribution < -0.4 is 5.32 Å². The Balaban J connectivity index is 1.30. The van der Waals surface area contributed by atoms with Crippen LogP contribution in [0.25, 0.3) is 44.5 Å². The summed E-state index contributed by atoms with van der Waals surface area (Å²) >= 11 is 0. The summed E-state index contributed by atoms with van der Waals surface area (Å²) in [5.41, 5.74) is 11.8. The largest absolute Gasteiger partial charge is 0.355 e. The number of hydrogen-bond donors (Lipinski definition) is 1. The Morgan fingerprint density at radius 3 is 0.946 bits per heavy atom. The van der Waals surface area contributed by atoms with Crippen LogP contribution in [0.15, 0.2) is 158 Å². The van der Waals surface area contributed by atoms with Crippen molar-refractivity contribution in [1.29, 1.82) is 0 Å². The lowest BCUT2D eigenvalue weighted by Crippen LogP contribution is -1.96. The molecule has 0 saturated carbocycles. The first-order valence-electron chi connectivity index (χ1n) is 12.6. The van der Waals surface area contributed by atoms with Gasteiger partial charge in [-0.2, -0.15) is 0 Å². The Morgan fingerprint density at radius 1 is 0.243 bits per heavy atom. The third kappa shape index (κ3) is 4.94. The third-order valence-corrected chi connectivity index (χ3v) is 6.73. The second-order valence-electron chi connectivity index (χ2n) is 9.10. The Morgan fingerprint density at radius 2 is 0.541 bits per heavy atom. The van der Waals surface area contributed by atoms with Crippen LogP contribution in [0.4, 0.5) is 11.4 Å². The quantitative estimate of drug-likeness (QED) is 0.254. The van der Waals surface area contributed by atoms with Crippen molar-refractivity contribution >= 4 is 11.4 Å². The fraction of sp³-hybridized carbons (Fsp3) is 0. The fourth-order valence-corrected chi connectivity index (χ4v) is 4.78. The minimum absolute atomic E-state index is 1.09. The summed E-state index contributed by atoms with van der Waals surface area (Å²) in [6, 6.07) is 55.6. The van der Waals surface area contributed by atoms with Gasteiger partial charge in [0.25, 0.3) is 0 Å². The Kier molecular flexibility index (Phi) is 6.34. The van der Waals surface area contributed by atoms with Gasteiger partial charge in [-0.25, -0.2) is 0 Å². The van der Waals surface area contributed by atoms with E-state index in [0.717, 1.165) is 11.4 Å². The lowest BCUT2D eigenvalue weighted by molar-refractivity contribution is 1.52. The van der Waals surface area contributed by atoms with Gasteiger partial charge in [0.1, 0.15) is 0 Å². The third-order valence-electron chi connectivity index (χ3n) is 6.73. The predicted octanol–water partition coefficient (Wildman–Crippen LogP) is 10.1. The van der Waals surface area contributed by atoms with Crippen molar-refractivity contribution < 1.29 is 0 Å². The molecule has 0 spiro atoms. The maximum atomic E-state index is 3.73. The van der Waals surface area contributed by atoms with Crippen molar-refractivity contribution in [3.8, 4) is 44.5 Å². The normalized spacial score (nSPS) is 10.7. The lowest BCUT2D eigenvalue weighted by Gasteiger charge is -2.16. The summed E-state index contributed by atoms with van der Waals surface area (Å²) in [7, 11) is 0. The fourth-order valence-electron chi connectivity index (χ4n) is 4.78. The molecule has 0 radical (unpaired) electrons. The number of anilines is 2. The van der Waals surface area contributed by atoms with Crippen molar-refractivity contribution in [3.63, 3.8) is 0 Å². The number of benzene rings is 6. The van der Waals surface area contributed by atoms with E-state index >= 15 is 0 Å². The number of hydrogen-bond acceptors (Lipinski definition) is 1. The van der Waals surface area contributed by atoms with Crippen molar-refractivity contribution in [2.75, 3.05) is 5.32 Å². The topological polar surface area (TPSA) is 12.0 Å². The Labute approximate surface area is 218 Å². The molecule has 0 aliphatic rings. The van der Waals surface area contributed by atoms with Gasteiger partial charge < -0.3 is 5.32 Å². The highest BCUT2D eigenvalue weighted by Crippen LogP contribution is 2.36. The smallest absolute Gasteiger partial charge is 0.0464 e. The molecule has 0 bridgehead atoms. The first kappa shape index (κ1) is 22.6. The van der Waals surface area contributed by atoms with Gasteiger partial charge in [0.15, 0.2) is 0 Å². The number of para-hydroxylation sites is 2. The molecule has 1 N–H and O–H groups in total. The minimum atomic E-state index is 1.09. The van der Waals surface area contributed by atoms with Gasteiger partial charge in [-0.1, -0.05) is 146 Å². The van der Waals surface area contributed by atoms with Gasteiger partial charge >= 0.3 is 0 Å². The second-order valence-corrected chi connectivity index (χ2v) is 9.10. The van der Waals surface area contributed by atoms with Crippen LogP contribution in [0.2, 0.25) is 0 Å². The van der Waals surface area contributed by atoms with E-state index in [0.29, 0.717) is 0 Å². The van der Waals surface area contributed by atoms with Crippen LogP contribution in [0.5, 0.6) is 0 Å². The molecule has 0 aromatic heterocycles. The zero-order valence-electron chi connectivity index (χ0n) is 20.5. The molecule has 6 aromatic carbocycles. The summed E-state index contributed by atoms with van der Waals surface area (Å²) in [6.07, 6.45) is 0. The van der Waals surface area contributed by atoms with Gasteiger partial charge in [-0.15, -0.1) is 0 Å². The molecule has 1 heteroatoms. The van der Waals surface area contributed by atoms with Crippen LogP contribution in [0, 0.1) is 0 Å². The molecule has 0 aliphatic heterocycles. The Bertz CT molecular complexity index is 1480. The van der Waals surface area contributed by atoms with Crippen LogP contribution >= 0.6 is 0 Å². The van der Waals surface area contributed by atoms with Crippen molar-refractivity contribution in [3.05, 3.63) is 158 Å². The number of rotatable bonds is 6. The molecule has 6 aromatic rings. The van der Waals surface area contributed by atoms with Crippen molar-refractivity contribution in [1.82, 2.24) is 0 Å². The van der Waals surface area contributed by atoms with E-state index in [1.54, 1.807) is 0 Å². The van der Waals surface area contributed by atoms with E-state index in [-0.39, 0.29) is 0 Å².